The zero-order valence-electron chi connectivity index (χ0n) is 29.0. The molecule has 5 atom stereocenters. The van der Waals surface area contributed by atoms with E-state index in [1.54, 1.807) is 22.7 Å². The number of benzene rings is 4. The Hall–Kier alpha value is -4.97. The van der Waals surface area contributed by atoms with Crippen molar-refractivity contribution in [3.05, 3.63) is 138 Å². The van der Waals surface area contributed by atoms with Crippen molar-refractivity contribution in [2.24, 2.45) is 5.92 Å². The fourth-order valence-electron chi connectivity index (χ4n) is 8.13. The molecular formula is C40H42FN5O4Si. The van der Waals surface area contributed by atoms with Crippen LogP contribution >= 0.6 is 0 Å². The molecular weight excluding hydrogens is 662 g/mol. The molecule has 11 heteroatoms. The van der Waals surface area contributed by atoms with Crippen molar-refractivity contribution in [3.8, 4) is 0 Å². The third kappa shape index (κ3) is 6.30. The number of hydrogen-bond donors (Lipinski definition) is 1. The molecule has 5 aromatic rings. The Morgan fingerprint density at radius 3 is 2.29 bits per heavy atom. The number of carbonyl (C=O) groups excluding carboxylic acids is 2. The van der Waals surface area contributed by atoms with Crippen LogP contribution in [0.2, 0.25) is 18.6 Å². The zero-order valence-corrected chi connectivity index (χ0v) is 30.0. The smallest absolute Gasteiger partial charge is 0.264 e. The Balaban J connectivity index is 1.25. The van der Waals surface area contributed by atoms with Crippen molar-refractivity contribution in [2.45, 2.75) is 62.7 Å². The van der Waals surface area contributed by atoms with Crippen LogP contribution in [0.3, 0.4) is 0 Å². The van der Waals surface area contributed by atoms with Gasteiger partial charge in [-0.15, -0.1) is 5.10 Å². The minimum Gasteiger partial charge on any atom is -0.395 e. The number of aliphatic hydroxyl groups excluding tert-OH is 1. The van der Waals surface area contributed by atoms with Gasteiger partial charge in [-0.05, 0) is 61.0 Å². The van der Waals surface area contributed by atoms with E-state index >= 15 is 4.11 Å². The van der Waals surface area contributed by atoms with Gasteiger partial charge in [0, 0.05) is 41.1 Å². The van der Waals surface area contributed by atoms with Crippen LogP contribution in [-0.4, -0.2) is 53.5 Å². The first kappa shape index (κ1) is 34.5. The SMILES string of the molecule is C[C@@H]1[C@@H]([Si](C)(C)F)[C@H](CCn2cc(C(CO)c3ccccc3)nn2)O[C@@]12C(=O)N(Cc1ccccc1)c1ccc(N(C=O)c3ccccc3)cc12. The number of anilines is 3. The lowest BCUT2D eigenvalue weighted by atomic mass is 9.82. The number of rotatable bonds is 12. The number of amides is 2. The van der Waals surface area contributed by atoms with Gasteiger partial charge in [0.2, 0.25) is 14.8 Å². The molecule has 0 bridgehead atoms. The van der Waals surface area contributed by atoms with Crippen molar-refractivity contribution < 1.29 is 23.5 Å². The van der Waals surface area contributed by atoms with Crippen molar-refractivity contribution in [3.63, 3.8) is 0 Å². The molecule has 0 radical (unpaired) electrons. The van der Waals surface area contributed by atoms with Crippen LogP contribution in [0.25, 0.3) is 0 Å². The van der Waals surface area contributed by atoms with E-state index in [2.05, 4.69) is 10.3 Å². The number of halogens is 1. The first-order valence-electron chi connectivity index (χ1n) is 17.4. The van der Waals surface area contributed by atoms with E-state index in [-0.39, 0.29) is 18.4 Å². The molecule has 0 saturated carbocycles. The van der Waals surface area contributed by atoms with E-state index < -0.39 is 31.6 Å². The van der Waals surface area contributed by atoms with Gasteiger partial charge in [-0.25, -0.2) is 0 Å². The number of aromatic nitrogens is 3. The Morgan fingerprint density at radius 2 is 1.65 bits per heavy atom. The third-order valence-electron chi connectivity index (χ3n) is 10.5. The topological polar surface area (TPSA) is 101 Å². The molecule has 3 heterocycles. The number of ether oxygens (including phenoxy) is 1. The summed E-state index contributed by atoms with van der Waals surface area (Å²) in [5.41, 5.74) is 3.15. The van der Waals surface area contributed by atoms with Crippen LogP contribution < -0.4 is 9.80 Å². The third-order valence-corrected chi connectivity index (χ3v) is 12.9. The van der Waals surface area contributed by atoms with Gasteiger partial charge in [0.25, 0.3) is 5.91 Å². The summed E-state index contributed by atoms with van der Waals surface area (Å²) >= 11 is 0. The molecule has 1 unspecified atom stereocenters. The first-order chi connectivity index (χ1) is 24.7. The number of hydrogen-bond acceptors (Lipinski definition) is 6. The Labute approximate surface area is 298 Å². The molecule has 1 saturated heterocycles. The van der Waals surface area contributed by atoms with Gasteiger partial charge in [-0.3, -0.25) is 19.2 Å². The van der Waals surface area contributed by atoms with Gasteiger partial charge < -0.3 is 18.9 Å². The second-order valence-electron chi connectivity index (χ2n) is 14.0. The van der Waals surface area contributed by atoms with Crippen molar-refractivity contribution in [1.82, 2.24) is 15.0 Å². The Bertz CT molecular complexity index is 1990. The molecule has 1 spiro atoms. The number of aryl methyl sites for hydroxylation is 1. The summed E-state index contributed by atoms with van der Waals surface area (Å²) in [6, 6.07) is 34.3. The molecule has 1 N–H and O–H groups in total. The molecule has 262 valence electrons. The summed E-state index contributed by atoms with van der Waals surface area (Å²) < 4.78 is 25.3. The first-order valence-corrected chi connectivity index (χ1v) is 20.3. The molecule has 2 aliphatic heterocycles. The maximum atomic E-state index is 16.5. The van der Waals surface area contributed by atoms with Crippen molar-refractivity contribution in [1.29, 1.82) is 0 Å². The normalized spacial score (nSPS) is 21.9. The molecule has 7 rings (SSSR count). The monoisotopic (exact) mass is 703 g/mol. The van der Waals surface area contributed by atoms with Crippen LogP contribution in [0.5, 0.6) is 0 Å². The lowest BCUT2D eigenvalue weighted by Crippen LogP contribution is -2.45. The largest absolute Gasteiger partial charge is 0.395 e. The van der Waals surface area contributed by atoms with E-state index in [1.165, 1.54) is 4.90 Å². The van der Waals surface area contributed by atoms with Gasteiger partial charge in [0.1, 0.15) is 0 Å². The van der Waals surface area contributed by atoms with Gasteiger partial charge in [-0.2, -0.15) is 0 Å². The maximum absolute atomic E-state index is 16.5. The Morgan fingerprint density at radius 1 is 0.980 bits per heavy atom. The second-order valence-corrected chi connectivity index (χ2v) is 17.8. The number of aliphatic hydroxyl groups is 1. The highest BCUT2D eigenvalue weighted by Crippen LogP contribution is 2.61. The number of nitrogens with zero attached hydrogens (tertiary/aromatic N) is 5. The molecule has 1 aromatic heterocycles. The summed E-state index contributed by atoms with van der Waals surface area (Å²) in [5, 5.41) is 18.9. The quantitative estimate of drug-likeness (QED) is 0.0845. The fraction of sp³-hybridized carbons (Fsp3) is 0.300. The lowest BCUT2D eigenvalue weighted by Gasteiger charge is -2.31. The molecule has 2 amide bonds. The van der Waals surface area contributed by atoms with Gasteiger partial charge in [-0.1, -0.05) is 91.0 Å². The van der Waals surface area contributed by atoms with E-state index in [0.717, 1.165) is 17.5 Å². The number of fused-ring (bicyclic) bond motifs is 2. The predicted octanol–water partition coefficient (Wildman–Crippen LogP) is 7.11. The Kier molecular flexibility index (Phi) is 9.45. The molecule has 9 nitrogen and oxygen atoms in total. The van der Waals surface area contributed by atoms with Crippen molar-refractivity contribution >= 4 is 37.8 Å². The minimum absolute atomic E-state index is 0.118. The average Bonchev–Trinajstić information content (AvgIpc) is 3.79. The highest BCUT2D eigenvalue weighted by molar-refractivity contribution is 6.72. The summed E-state index contributed by atoms with van der Waals surface area (Å²) in [6.07, 6.45) is 2.39. The maximum Gasteiger partial charge on any atom is 0.264 e. The van der Waals surface area contributed by atoms with Crippen LogP contribution in [0.15, 0.2) is 115 Å². The van der Waals surface area contributed by atoms with Crippen LogP contribution in [0, 0.1) is 5.92 Å². The highest BCUT2D eigenvalue weighted by atomic mass is 28.4. The zero-order chi connectivity index (χ0) is 35.8. The summed E-state index contributed by atoms with van der Waals surface area (Å²) in [4.78, 5) is 30.7. The molecule has 1 fully saturated rings. The second kappa shape index (κ2) is 14.0. The molecule has 0 aliphatic carbocycles. The van der Waals surface area contributed by atoms with Crippen molar-refractivity contribution in [2.75, 3.05) is 16.4 Å². The molecule has 2 aliphatic rings. The van der Waals surface area contributed by atoms with Gasteiger partial charge in [0.05, 0.1) is 36.6 Å². The lowest BCUT2D eigenvalue weighted by molar-refractivity contribution is -0.146. The average molecular weight is 704 g/mol. The molecule has 51 heavy (non-hydrogen) atoms. The summed E-state index contributed by atoms with van der Waals surface area (Å²) in [7, 11) is -3.43. The van der Waals surface area contributed by atoms with E-state index in [4.69, 9.17) is 4.74 Å². The van der Waals surface area contributed by atoms with Gasteiger partial charge >= 0.3 is 0 Å². The number of para-hydroxylation sites is 1. The van der Waals surface area contributed by atoms with Crippen LogP contribution in [0.1, 0.15) is 41.6 Å². The van der Waals surface area contributed by atoms with Gasteiger partial charge in [0.15, 0.2) is 5.60 Å². The minimum atomic E-state index is -3.43. The number of carbonyl (C=O) groups is 2. The fourth-order valence-corrected chi connectivity index (χ4v) is 10.7. The highest BCUT2D eigenvalue weighted by Gasteiger charge is 2.66. The standard InChI is InChI=1S/C40H42FN5O4Si/c1-28-38(51(2,3)41)37(21-22-44-25-35(42-43-44)33(26-47)30-15-9-5-10-16-30)50-40(28)34-23-32(46(27-48)31-17-11-6-12-18-31)19-20-36(34)45(39(40)49)24-29-13-7-4-8-14-29/h4-20,23,25,27-28,33,37-38,47H,21-22,24,26H2,1-3H3/t28-,33?,37+,38-,40+/m1/s1. The van der Waals surface area contributed by atoms with E-state index in [1.807, 2.05) is 122 Å². The van der Waals surface area contributed by atoms with E-state index in [9.17, 15) is 14.7 Å². The molecule has 4 aromatic carbocycles. The summed E-state index contributed by atoms with van der Waals surface area (Å²) in [6.45, 7) is 5.90. The summed E-state index contributed by atoms with van der Waals surface area (Å²) in [5.74, 6) is -1.05. The predicted molar refractivity (Wildman–Crippen MR) is 197 cm³/mol. The van der Waals surface area contributed by atoms with E-state index in [0.29, 0.717) is 47.8 Å². The van der Waals surface area contributed by atoms with Crippen LogP contribution in [-0.2, 0) is 33.0 Å². The van der Waals surface area contributed by atoms with Crippen LogP contribution in [0.4, 0.5) is 21.2 Å².